The van der Waals surface area contributed by atoms with Crippen molar-refractivity contribution >= 4 is 6.03 Å². The number of urea groups is 1. The average molecular weight is 348 g/mol. The number of carbonyl (C=O) groups is 1. The highest BCUT2D eigenvalue weighted by Crippen LogP contribution is 2.26. The summed E-state index contributed by atoms with van der Waals surface area (Å²) in [5.74, 6) is 0. The van der Waals surface area contributed by atoms with Crippen LogP contribution >= 0.6 is 0 Å². The highest BCUT2D eigenvalue weighted by atomic mass is 16.5. The highest BCUT2D eigenvalue weighted by molar-refractivity contribution is 5.74. The maximum Gasteiger partial charge on any atom is 0.317 e. The minimum Gasteiger partial charge on any atom is -0.393 e. The van der Waals surface area contributed by atoms with Crippen LogP contribution in [0.5, 0.6) is 0 Å². The van der Waals surface area contributed by atoms with E-state index in [1.165, 1.54) is 11.1 Å². The summed E-state index contributed by atoms with van der Waals surface area (Å²) in [7, 11) is 0. The minimum atomic E-state index is -0.371. The van der Waals surface area contributed by atoms with Crippen LogP contribution in [0.25, 0.3) is 0 Å². The van der Waals surface area contributed by atoms with Crippen molar-refractivity contribution in [3.63, 3.8) is 0 Å². The maximum atomic E-state index is 12.5. The Bertz CT molecular complexity index is 599. The quantitative estimate of drug-likeness (QED) is 0.859. The number of ether oxygens (including phenoxy) is 1. The molecule has 1 aromatic carbocycles. The number of aryl methyl sites for hydroxylation is 2. The highest BCUT2D eigenvalue weighted by Gasteiger charge is 2.28. The van der Waals surface area contributed by atoms with E-state index in [2.05, 4.69) is 51.2 Å². The molecule has 1 aromatic rings. The zero-order valence-electron chi connectivity index (χ0n) is 16.1. The molecule has 0 bridgehead atoms. The summed E-state index contributed by atoms with van der Waals surface area (Å²) in [4.78, 5) is 14.4. The predicted molar refractivity (Wildman–Crippen MR) is 99.7 cm³/mol. The molecule has 140 valence electrons. The largest absolute Gasteiger partial charge is 0.393 e. The van der Waals surface area contributed by atoms with Gasteiger partial charge in [0.2, 0.25) is 0 Å². The van der Waals surface area contributed by atoms with Crippen LogP contribution in [0, 0.1) is 19.3 Å². The third-order valence-electron chi connectivity index (χ3n) is 4.69. The van der Waals surface area contributed by atoms with Gasteiger partial charge in [0.1, 0.15) is 6.10 Å². The molecule has 2 N–H and O–H groups in total. The van der Waals surface area contributed by atoms with Crippen LogP contribution in [-0.4, -0.2) is 48.4 Å². The fraction of sp³-hybridized carbons (Fsp3) is 0.650. The van der Waals surface area contributed by atoms with Crippen molar-refractivity contribution in [3.05, 3.63) is 34.9 Å². The van der Waals surface area contributed by atoms with Gasteiger partial charge in [0.05, 0.1) is 19.3 Å². The van der Waals surface area contributed by atoms with E-state index in [9.17, 15) is 9.90 Å². The van der Waals surface area contributed by atoms with Gasteiger partial charge in [-0.25, -0.2) is 4.79 Å². The van der Waals surface area contributed by atoms with Gasteiger partial charge in [-0.2, -0.15) is 0 Å². The van der Waals surface area contributed by atoms with Crippen molar-refractivity contribution in [2.45, 2.75) is 53.2 Å². The first kappa shape index (κ1) is 19.7. The average Bonchev–Trinajstić information content (AvgIpc) is 2.51. The smallest absolute Gasteiger partial charge is 0.317 e. The summed E-state index contributed by atoms with van der Waals surface area (Å²) in [6, 6.07) is 6.28. The van der Waals surface area contributed by atoms with E-state index in [0.29, 0.717) is 32.7 Å². The number of aliphatic hydroxyl groups excluding tert-OH is 1. The molecule has 5 nitrogen and oxygen atoms in total. The molecule has 0 saturated carbocycles. The van der Waals surface area contributed by atoms with E-state index in [4.69, 9.17) is 4.74 Å². The summed E-state index contributed by atoms with van der Waals surface area (Å²) >= 11 is 0. The second-order valence-corrected chi connectivity index (χ2v) is 8.04. The topological polar surface area (TPSA) is 61.8 Å². The van der Waals surface area contributed by atoms with Crippen molar-refractivity contribution in [1.29, 1.82) is 0 Å². The lowest BCUT2D eigenvalue weighted by atomic mass is 9.87. The Hall–Kier alpha value is -1.59. The van der Waals surface area contributed by atoms with E-state index in [1.54, 1.807) is 6.92 Å². The standard InChI is InChI=1S/C20H32N2O3/c1-14-6-7-17(15(2)10-14)18-12-22(8-9-25-18)19(24)21-13-20(4,5)11-16(3)23/h6-7,10,16,18,23H,8-9,11-13H2,1-5H3,(H,21,24). The number of carbonyl (C=O) groups excluding carboxylic acids is 1. The number of nitrogens with zero attached hydrogens (tertiary/aromatic N) is 1. The van der Waals surface area contributed by atoms with Crippen molar-refractivity contribution in [3.8, 4) is 0 Å². The monoisotopic (exact) mass is 348 g/mol. The fourth-order valence-electron chi connectivity index (χ4n) is 3.51. The fourth-order valence-corrected chi connectivity index (χ4v) is 3.51. The lowest BCUT2D eigenvalue weighted by molar-refractivity contribution is -0.0161. The molecule has 2 atom stereocenters. The zero-order valence-corrected chi connectivity index (χ0v) is 16.1. The lowest BCUT2D eigenvalue weighted by Crippen LogP contribution is -2.49. The molecule has 1 aliphatic rings. The minimum absolute atomic E-state index is 0.0586. The molecule has 0 aromatic heterocycles. The second kappa shape index (κ2) is 8.19. The Morgan fingerprint density at radius 2 is 2.16 bits per heavy atom. The number of benzene rings is 1. The SMILES string of the molecule is Cc1ccc(C2CN(C(=O)NCC(C)(C)CC(C)O)CCO2)c(C)c1. The summed E-state index contributed by atoms with van der Waals surface area (Å²) in [6.07, 6.45) is 0.205. The molecule has 1 saturated heterocycles. The lowest BCUT2D eigenvalue weighted by Gasteiger charge is -2.35. The third-order valence-corrected chi connectivity index (χ3v) is 4.69. The summed E-state index contributed by atoms with van der Waals surface area (Å²) < 4.78 is 5.91. The molecule has 2 amide bonds. The first-order chi connectivity index (χ1) is 11.7. The van der Waals surface area contributed by atoms with Crippen LogP contribution in [0.15, 0.2) is 18.2 Å². The number of hydrogen-bond donors (Lipinski definition) is 2. The van der Waals surface area contributed by atoms with E-state index in [0.717, 1.165) is 5.56 Å². The molecule has 2 unspecified atom stereocenters. The van der Waals surface area contributed by atoms with Crippen LogP contribution in [0.2, 0.25) is 0 Å². The molecule has 5 heteroatoms. The van der Waals surface area contributed by atoms with Gasteiger partial charge >= 0.3 is 6.03 Å². The number of morpholine rings is 1. The van der Waals surface area contributed by atoms with Gasteiger partial charge in [0.15, 0.2) is 0 Å². The van der Waals surface area contributed by atoms with Crippen LogP contribution in [-0.2, 0) is 4.74 Å². The number of nitrogens with one attached hydrogen (secondary N) is 1. The number of rotatable bonds is 5. The van der Waals surface area contributed by atoms with E-state index >= 15 is 0 Å². The molecule has 2 rings (SSSR count). The molecule has 1 heterocycles. The van der Waals surface area contributed by atoms with Crippen molar-refractivity contribution in [2.75, 3.05) is 26.2 Å². The summed E-state index contributed by atoms with van der Waals surface area (Å²) in [5, 5.41) is 12.6. The van der Waals surface area contributed by atoms with E-state index < -0.39 is 0 Å². The Labute approximate surface area is 151 Å². The molecular formula is C20H32N2O3. The normalized spacial score (nSPS) is 19.6. The van der Waals surface area contributed by atoms with E-state index in [1.807, 2.05) is 4.90 Å². The maximum absolute atomic E-state index is 12.5. The molecule has 1 aliphatic heterocycles. The zero-order chi connectivity index (χ0) is 18.6. The van der Waals surface area contributed by atoms with Gasteiger partial charge in [-0.05, 0) is 43.7 Å². The Morgan fingerprint density at radius 3 is 2.80 bits per heavy atom. The number of aliphatic hydroxyl groups is 1. The van der Waals surface area contributed by atoms with Crippen molar-refractivity contribution in [1.82, 2.24) is 10.2 Å². The molecular weight excluding hydrogens is 316 g/mol. The van der Waals surface area contributed by atoms with E-state index in [-0.39, 0.29) is 23.7 Å². The summed E-state index contributed by atoms with van der Waals surface area (Å²) in [5.41, 5.74) is 3.44. The Morgan fingerprint density at radius 1 is 1.44 bits per heavy atom. The van der Waals surface area contributed by atoms with Gasteiger partial charge in [-0.15, -0.1) is 0 Å². The molecule has 25 heavy (non-hydrogen) atoms. The molecule has 1 fully saturated rings. The second-order valence-electron chi connectivity index (χ2n) is 8.04. The predicted octanol–water partition coefficient (Wildman–Crippen LogP) is 3.18. The van der Waals surface area contributed by atoms with Crippen LogP contribution in [0.1, 0.15) is 50.0 Å². The van der Waals surface area contributed by atoms with Crippen molar-refractivity contribution in [2.24, 2.45) is 5.41 Å². The molecule has 0 radical (unpaired) electrons. The van der Waals surface area contributed by atoms with Gasteiger partial charge in [0.25, 0.3) is 0 Å². The first-order valence-corrected chi connectivity index (χ1v) is 9.07. The van der Waals surface area contributed by atoms with Gasteiger partial charge < -0.3 is 20.1 Å². The number of amides is 2. The Kier molecular flexibility index (Phi) is 6.47. The van der Waals surface area contributed by atoms with Gasteiger partial charge in [-0.1, -0.05) is 37.6 Å². The van der Waals surface area contributed by atoms with Crippen LogP contribution in [0.3, 0.4) is 0 Å². The summed E-state index contributed by atoms with van der Waals surface area (Å²) in [6.45, 7) is 12.3. The molecule has 0 aliphatic carbocycles. The third kappa shape index (κ3) is 5.72. The Balaban J connectivity index is 1.95. The first-order valence-electron chi connectivity index (χ1n) is 9.07. The number of hydrogen-bond acceptors (Lipinski definition) is 3. The van der Waals surface area contributed by atoms with Crippen LogP contribution < -0.4 is 5.32 Å². The molecule has 0 spiro atoms. The van der Waals surface area contributed by atoms with Crippen molar-refractivity contribution < 1.29 is 14.6 Å². The van der Waals surface area contributed by atoms with Gasteiger partial charge in [-0.3, -0.25) is 0 Å². The van der Waals surface area contributed by atoms with Crippen LogP contribution in [0.4, 0.5) is 4.79 Å². The van der Waals surface area contributed by atoms with Gasteiger partial charge in [0, 0.05) is 13.1 Å².